The molecule has 0 aromatic carbocycles. The number of rotatable bonds is 6. The molecule has 0 bridgehead atoms. The summed E-state index contributed by atoms with van der Waals surface area (Å²) in [7, 11) is 1.61. The number of hydrogen-bond donors (Lipinski definition) is 3. The topological polar surface area (TPSA) is 66.1 Å². The highest BCUT2D eigenvalue weighted by Gasteiger charge is 1.94. The smallest absolute Gasteiger partial charge is 0.314 e. The van der Waals surface area contributed by atoms with E-state index in [1.54, 1.807) is 13.2 Å². The maximum absolute atomic E-state index is 10.8. The third-order valence-electron chi connectivity index (χ3n) is 2.09. The average molecular weight is 222 g/mol. The van der Waals surface area contributed by atoms with Gasteiger partial charge >= 0.3 is 6.03 Å². The second-order valence-corrected chi connectivity index (χ2v) is 3.40. The molecule has 5 nitrogen and oxygen atoms in total. The number of carbonyl (C=O) groups excluding carboxylic acids is 1. The molecule has 0 aliphatic rings. The van der Waals surface area contributed by atoms with Gasteiger partial charge in [-0.1, -0.05) is 6.07 Å². The molecule has 1 rings (SSSR count). The highest BCUT2D eigenvalue weighted by Crippen LogP contribution is 1.93. The molecule has 3 N–H and O–H groups in total. The van der Waals surface area contributed by atoms with Crippen LogP contribution in [0.25, 0.3) is 0 Å². The monoisotopic (exact) mass is 222 g/mol. The molecule has 88 valence electrons. The zero-order valence-electron chi connectivity index (χ0n) is 9.49. The molecule has 0 saturated heterocycles. The fourth-order valence-corrected chi connectivity index (χ4v) is 1.24. The van der Waals surface area contributed by atoms with Crippen molar-refractivity contribution in [3.8, 4) is 0 Å². The van der Waals surface area contributed by atoms with Crippen molar-refractivity contribution in [2.75, 3.05) is 20.1 Å². The lowest BCUT2D eigenvalue weighted by Gasteiger charge is -2.05. The fourth-order valence-electron chi connectivity index (χ4n) is 1.24. The van der Waals surface area contributed by atoms with Gasteiger partial charge in [-0.25, -0.2) is 4.79 Å². The lowest BCUT2D eigenvalue weighted by molar-refractivity contribution is 0.242. The fraction of sp³-hybridized carbons (Fsp3) is 0.455. The van der Waals surface area contributed by atoms with Gasteiger partial charge in [-0.15, -0.1) is 0 Å². The molecule has 0 unspecified atom stereocenters. The van der Waals surface area contributed by atoms with E-state index in [2.05, 4.69) is 20.9 Å². The number of pyridine rings is 1. The Labute approximate surface area is 95.7 Å². The predicted octanol–water partition coefficient (Wildman–Crippen LogP) is 0.490. The molecule has 0 atom stereocenters. The quantitative estimate of drug-likeness (QED) is 0.614. The van der Waals surface area contributed by atoms with Crippen LogP contribution in [0.5, 0.6) is 0 Å². The Bertz CT molecular complexity index is 302. The van der Waals surface area contributed by atoms with Crippen LogP contribution in [0.3, 0.4) is 0 Å². The number of urea groups is 1. The van der Waals surface area contributed by atoms with Gasteiger partial charge in [0.2, 0.25) is 0 Å². The van der Waals surface area contributed by atoms with Crippen molar-refractivity contribution in [2.24, 2.45) is 0 Å². The van der Waals surface area contributed by atoms with Crippen LogP contribution >= 0.6 is 0 Å². The molecule has 0 fully saturated rings. The van der Waals surface area contributed by atoms with Gasteiger partial charge in [0.15, 0.2) is 0 Å². The summed E-state index contributed by atoms with van der Waals surface area (Å²) in [6.45, 7) is 2.37. The first-order valence-corrected chi connectivity index (χ1v) is 5.38. The molecule has 1 aromatic rings. The lowest BCUT2D eigenvalue weighted by Crippen LogP contribution is -2.34. The Kier molecular flexibility index (Phi) is 5.95. The van der Waals surface area contributed by atoms with E-state index in [1.807, 2.05) is 18.3 Å². The molecule has 0 saturated carbocycles. The van der Waals surface area contributed by atoms with E-state index >= 15 is 0 Å². The summed E-state index contributed by atoms with van der Waals surface area (Å²) in [4.78, 5) is 14.8. The molecule has 0 aliphatic carbocycles. The number of amides is 2. The summed E-state index contributed by atoms with van der Waals surface area (Å²) in [5, 5.41) is 8.51. The molecule has 2 amide bonds. The van der Waals surface area contributed by atoms with Crippen LogP contribution in [-0.2, 0) is 6.54 Å². The zero-order valence-corrected chi connectivity index (χ0v) is 9.49. The predicted molar refractivity (Wildman–Crippen MR) is 63.0 cm³/mol. The Morgan fingerprint density at radius 3 is 3.00 bits per heavy atom. The van der Waals surface area contributed by atoms with Crippen molar-refractivity contribution in [3.05, 3.63) is 30.1 Å². The number of aromatic nitrogens is 1. The van der Waals surface area contributed by atoms with Gasteiger partial charge in [-0.05, 0) is 24.6 Å². The largest absolute Gasteiger partial charge is 0.341 e. The van der Waals surface area contributed by atoms with Crippen molar-refractivity contribution in [3.63, 3.8) is 0 Å². The Morgan fingerprint density at radius 1 is 1.44 bits per heavy atom. The van der Waals surface area contributed by atoms with E-state index in [4.69, 9.17) is 0 Å². The summed E-state index contributed by atoms with van der Waals surface area (Å²) in [5.74, 6) is 0. The molecule has 1 aromatic heterocycles. The van der Waals surface area contributed by atoms with Gasteiger partial charge in [0.05, 0.1) is 0 Å². The van der Waals surface area contributed by atoms with E-state index < -0.39 is 0 Å². The van der Waals surface area contributed by atoms with Gasteiger partial charge < -0.3 is 16.0 Å². The third kappa shape index (κ3) is 5.31. The van der Waals surface area contributed by atoms with Crippen LogP contribution < -0.4 is 16.0 Å². The van der Waals surface area contributed by atoms with Crippen LogP contribution in [0, 0.1) is 0 Å². The summed E-state index contributed by atoms with van der Waals surface area (Å²) in [6, 6.07) is 3.82. The first-order chi connectivity index (χ1) is 7.83. The molecule has 16 heavy (non-hydrogen) atoms. The molecule has 0 aliphatic heterocycles. The van der Waals surface area contributed by atoms with Gasteiger partial charge in [-0.2, -0.15) is 0 Å². The van der Waals surface area contributed by atoms with Crippen molar-refractivity contribution >= 4 is 6.03 Å². The number of hydrogen-bond acceptors (Lipinski definition) is 3. The second kappa shape index (κ2) is 7.64. The van der Waals surface area contributed by atoms with E-state index in [0.29, 0.717) is 6.54 Å². The molecule has 5 heteroatoms. The van der Waals surface area contributed by atoms with Gasteiger partial charge in [0.25, 0.3) is 0 Å². The second-order valence-electron chi connectivity index (χ2n) is 3.40. The Morgan fingerprint density at radius 2 is 2.31 bits per heavy atom. The maximum atomic E-state index is 10.8. The highest BCUT2D eigenvalue weighted by atomic mass is 16.2. The van der Waals surface area contributed by atoms with Crippen LogP contribution in [0.2, 0.25) is 0 Å². The van der Waals surface area contributed by atoms with E-state index in [0.717, 1.165) is 19.5 Å². The molecule has 1 heterocycles. The molecule has 0 radical (unpaired) electrons. The third-order valence-corrected chi connectivity index (χ3v) is 2.09. The summed E-state index contributed by atoms with van der Waals surface area (Å²) in [6.07, 6.45) is 4.51. The van der Waals surface area contributed by atoms with Crippen molar-refractivity contribution in [2.45, 2.75) is 13.0 Å². The number of nitrogens with one attached hydrogen (secondary N) is 3. The normalized spacial score (nSPS) is 9.81. The number of nitrogens with zero attached hydrogens (tertiary/aromatic N) is 1. The average Bonchev–Trinajstić information content (AvgIpc) is 2.34. The Hall–Kier alpha value is -1.62. The standard InChI is InChI=1S/C11H18N4O/c1-12-11(16)15-7-3-6-14-9-10-4-2-5-13-8-10/h2,4-5,8,14H,3,6-7,9H2,1H3,(H2,12,15,16). The Balaban J connectivity index is 1.98. The van der Waals surface area contributed by atoms with Gasteiger partial charge in [0.1, 0.15) is 0 Å². The van der Waals surface area contributed by atoms with E-state index in [9.17, 15) is 4.79 Å². The first-order valence-electron chi connectivity index (χ1n) is 5.38. The van der Waals surface area contributed by atoms with Crippen LogP contribution in [0.4, 0.5) is 4.79 Å². The summed E-state index contributed by atoms with van der Waals surface area (Å²) < 4.78 is 0. The SMILES string of the molecule is CNC(=O)NCCCNCc1cccnc1. The first kappa shape index (κ1) is 12.4. The highest BCUT2D eigenvalue weighted by molar-refractivity contribution is 5.73. The summed E-state index contributed by atoms with van der Waals surface area (Å²) in [5.41, 5.74) is 1.17. The van der Waals surface area contributed by atoms with Gasteiger partial charge in [-0.3, -0.25) is 4.98 Å². The summed E-state index contributed by atoms with van der Waals surface area (Å²) >= 11 is 0. The molecular formula is C11H18N4O. The van der Waals surface area contributed by atoms with E-state index in [1.165, 1.54) is 5.56 Å². The van der Waals surface area contributed by atoms with Crippen LogP contribution in [0.15, 0.2) is 24.5 Å². The minimum Gasteiger partial charge on any atom is -0.341 e. The minimum absolute atomic E-state index is 0.132. The van der Waals surface area contributed by atoms with Crippen LogP contribution in [-0.4, -0.2) is 31.2 Å². The molecular weight excluding hydrogens is 204 g/mol. The lowest BCUT2D eigenvalue weighted by atomic mass is 10.3. The van der Waals surface area contributed by atoms with Crippen molar-refractivity contribution in [1.29, 1.82) is 0 Å². The van der Waals surface area contributed by atoms with E-state index in [-0.39, 0.29) is 6.03 Å². The minimum atomic E-state index is -0.132. The molecule has 0 spiro atoms. The maximum Gasteiger partial charge on any atom is 0.314 e. The van der Waals surface area contributed by atoms with Crippen molar-refractivity contribution in [1.82, 2.24) is 20.9 Å². The zero-order chi connectivity index (χ0) is 11.6. The number of carbonyl (C=O) groups is 1. The van der Waals surface area contributed by atoms with Gasteiger partial charge in [0, 0.05) is 32.5 Å². The van der Waals surface area contributed by atoms with Crippen LogP contribution in [0.1, 0.15) is 12.0 Å². The van der Waals surface area contributed by atoms with Crippen molar-refractivity contribution < 1.29 is 4.79 Å².